The first kappa shape index (κ1) is 21.9. The Morgan fingerprint density at radius 1 is 1.26 bits per heavy atom. The Kier molecular flexibility index (Phi) is 11.7. The van der Waals surface area contributed by atoms with E-state index < -0.39 is 13.0 Å². The van der Waals surface area contributed by atoms with E-state index in [1.807, 2.05) is 39.0 Å². The van der Waals surface area contributed by atoms with Crippen molar-refractivity contribution in [2.75, 3.05) is 19.7 Å². The summed E-state index contributed by atoms with van der Waals surface area (Å²) in [5.41, 5.74) is 2.05. The van der Waals surface area contributed by atoms with Crippen molar-refractivity contribution in [2.24, 2.45) is 4.99 Å². The molecule has 2 N–H and O–H groups in total. The van der Waals surface area contributed by atoms with E-state index >= 15 is 0 Å². The van der Waals surface area contributed by atoms with Crippen molar-refractivity contribution in [3.8, 4) is 5.75 Å². The normalized spacial score (nSPS) is 11.1. The average molecular weight is 441 g/mol. The second-order valence-electron chi connectivity index (χ2n) is 4.93. The maximum atomic E-state index is 12.3. The number of ether oxygens (including phenoxy) is 1. The number of hydrogen-bond acceptors (Lipinski definition) is 2. The Morgan fingerprint density at radius 2 is 2.00 bits per heavy atom. The van der Waals surface area contributed by atoms with Gasteiger partial charge < -0.3 is 15.4 Å². The summed E-state index contributed by atoms with van der Waals surface area (Å²) in [4.78, 5) is 4.34. The minimum Gasteiger partial charge on any atom is -0.493 e. The number of nitrogens with one attached hydrogen (secondary N) is 2. The highest BCUT2D eigenvalue weighted by molar-refractivity contribution is 14.0. The Balaban J connectivity index is 0.00000484. The van der Waals surface area contributed by atoms with Crippen molar-refractivity contribution in [1.29, 1.82) is 0 Å². The molecule has 7 heteroatoms. The Labute approximate surface area is 154 Å². The molecule has 0 aliphatic carbocycles. The lowest BCUT2D eigenvalue weighted by molar-refractivity contribution is 0.152. The molecule has 1 aromatic carbocycles. The number of benzene rings is 1. The SMILES string of the molecule is CCCOc1cc(C)ccc1CN=C(NCC)NCC(F)F.I. The van der Waals surface area contributed by atoms with Crippen LogP contribution in [0.25, 0.3) is 0 Å². The van der Waals surface area contributed by atoms with Gasteiger partial charge in [0.2, 0.25) is 0 Å². The third kappa shape index (κ3) is 8.92. The number of hydrogen-bond donors (Lipinski definition) is 2. The van der Waals surface area contributed by atoms with Crippen LogP contribution in [0.2, 0.25) is 0 Å². The third-order valence-electron chi connectivity index (χ3n) is 2.86. The number of guanidine groups is 1. The van der Waals surface area contributed by atoms with E-state index in [1.165, 1.54) is 0 Å². The molecule has 0 spiro atoms. The zero-order chi connectivity index (χ0) is 16.4. The van der Waals surface area contributed by atoms with Crippen LogP contribution in [0.1, 0.15) is 31.4 Å². The van der Waals surface area contributed by atoms with Crippen molar-refractivity contribution in [3.05, 3.63) is 29.3 Å². The summed E-state index contributed by atoms with van der Waals surface area (Å²) < 4.78 is 30.3. The highest BCUT2D eigenvalue weighted by Crippen LogP contribution is 2.21. The largest absolute Gasteiger partial charge is 0.493 e. The smallest absolute Gasteiger partial charge is 0.255 e. The van der Waals surface area contributed by atoms with E-state index in [0.717, 1.165) is 23.3 Å². The van der Waals surface area contributed by atoms with E-state index in [1.54, 1.807) is 0 Å². The first-order chi connectivity index (χ1) is 10.6. The zero-order valence-corrected chi connectivity index (χ0v) is 16.2. The van der Waals surface area contributed by atoms with Crippen molar-refractivity contribution < 1.29 is 13.5 Å². The molecule has 0 unspecified atom stereocenters. The quantitative estimate of drug-likeness (QED) is 0.367. The molecule has 1 aromatic rings. The van der Waals surface area contributed by atoms with Gasteiger partial charge in [-0.05, 0) is 31.9 Å². The fourth-order valence-corrected chi connectivity index (χ4v) is 1.82. The van der Waals surface area contributed by atoms with Crippen molar-refractivity contribution in [2.45, 2.75) is 40.2 Å². The number of aliphatic imine (C=N–C) groups is 1. The third-order valence-corrected chi connectivity index (χ3v) is 2.86. The van der Waals surface area contributed by atoms with Crippen molar-refractivity contribution in [3.63, 3.8) is 0 Å². The van der Waals surface area contributed by atoms with Gasteiger partial charge >= 0.3 is 0 Å². The van der Waals surface area contributed by atoms with E-state index in [0.29, 0.717) is 25.7 Å². The fraction of sp³-hybridized carbons (Fsp3) is 0.562. The second-order valence-corrected chi connectivity index (χ2v) is 4.93. The number of alkyl halides is 2. The molecule has 0 fully saturated rings. The predicted molar refractivity (Wildman–Crippen MR) is 101 cm³/mol. The summed E-state index contributed by atoms with van der Waals surface area (Å²) in [6, 6.07) is 5.92. The predicted octanol–water partition coefficient (Wildman–Crippen LogP) is 3.72. The van der Waals surface area contributed by atoms with Gasteiger partial charge in [0.15, 0.2) is 5.96 Å². The lowest BCUT2D eigenvalue weighted by Gasteiger charge is -2.13. The molecule has 1 rings (SSSR count). The molecule has 0 saturated heterocycles. The number of halogens is 3. The molecule has 0 heterocycles. The second kappa shape index (κ2) is 12.3. The summed E-state index contributed by atoms with van der Waals surface area (Å²) in [6.45, 7) is 7.15. The molecule has 0 aliphatic heterocycles. The van der Waals surface area contributed by atoms with Gasteiger partial charge in [0.25, 0.3) is 6.43 Å². The van der Waals surface area contributed by atoms with Gasteiger partial charge in [0.1, 0.15) is 5.75 Å². The maximum Gasteiger partial charge on any atom is 0.255 e. The molecule has 23 heavy (non-hydrogen) atoms. The molecule has 0 aliphatic rings. The van der Waals surface area contributed by atoms with Crippen LogP contribution in [-0.4, -0.2) is 32.1 Å². The molecule has 0 amide bonds. The van der Waals surface area contributed by atoms with Gasteiger partial charge in [-0.15, -0.1) is 24.0 Å². The van der Waals surface area contributed by atoms with E-state index in [9.17, 15) is 8.78 Å². The fourth-order valence-electron chi connectivity index (χ4n) is 1.82. The average Bonchev–Trinajstić information content (AvgIpc) is 2.49. The van der Waals surface area contributed by atoms with Gasteiger partial charge in [0, 0.05) is 12.1 Å². The monoisotopic (exact) mass is 441 g/mol. The molecule has 0 radical (unpaired) electrons. The van der Waals surface area contributed by atoms with Crippen molar-refractivity contribution in [1.82, 2.24) is 10.6 Å². The Hall–Kier alpha value is -1.12. The van der Waals surface area contributed by atoms with Crippen LogP contribution in [-0.2, 0) is 6.54 Å². The van der Waals surface area contributed by atoms with E-state index in [-0.39, 0.29) is 24.0 Å². The van der Waals surface area contributed by atoms with Gasteiger partial charge in [-0.25, -0.2) is 13.8 Å². The maximum absolute atomic E-state index is 12.3. The van der Waals surface area contributed by atoms with Crippen LogP contribution in [0.3, 0.4) is 0 Å². The summed E-state index contributed by atoms with van der Waals surface area (Å²) in [7, 11) is 0. The van der Waals surface area contributed by atoms with E-state index in [2.05, 4.69) is 15.6 Å². The van der Waals surface area contributed by atoms with Gasteiger partial charge in [0.05, 0.1) is 19.7 Å². The van der Waals surface area contributed by atoms with Gasteiger partial charge in [-0.3, -0.25) is 0 Å². The molecule has 0 bridgehead atoms. The summed E-state index contributed by atoms with van der Waals surface area (Å²) in [5.74, 6) is 1.18. The van der Waals surface area contributed by atoms with Crippen LogP contribution in [0.15, 0.2) is 23.2 Å². The highest BCUT2D eigenvalue weighted by atomic mass is 127. The van der Waals surface area contributed by atoms with Crippen LogP contribution in [0.4, 0.5) is 8.78 Å². The number of rotatable bonds is 8. The molecule has 4 nitrogen and oxygen atoms in total. The minimum absolute atomic E-state index is 0. The molecule has 0 aromatic heterocycles. The topological polar surface area (TPSA) is 45.6 Å². The van der Waals surface area contributed by atoms with Gasteiger partial charge in [-0.2, -0.15) is 0 Å². The minimum atomic E-state index is -2.41. The summed E-state index contributed by atoms with van der Waals surface area (Å²) in [5, 5.41) is 5.56. The summed E-state index contributed by atoms with van der Waals surface area (Å²) in [6.07, 6.45) is -1.48. The standard InChI is InChI=1S/C16H25F2N3O.HI/c1-4-8-22-14-9-12(3)6-7-13(14)10-20-16(19-5-2)21-11-15(17)18;/h6-7,9,15H,4-5,8,10-11H2,1-3H3,(H2,19,20,21);1H. The first-order valence-electron chi connectivity index (χ1n) is 7.59. The Morgan fingerprint density at radius 3 is 2.61 bits per heavy atom. The molecular weight excluding hydrogens is 415 g/mol. The van der Waals surface area contributed by atoms with Crippen LogP contribution >= 0.6 is 24.0 Å². The first-order valence-corrected chi connectivity index (χ1v) is 7.59. The molecule has 132 valence electrons. The van der Waals surface area contributed by atoms with Crippen LogP contribution in [0.5, 0.6) is 5.75 Å². The van der Waals surface area contributed by atoms with Crippen molar-refractivity contribution >= 4 is 29.9 Å². The van der Waals surface area contributed by atoms with Gasteiger partial charge in [-0.1, -0.05) is 19.1 Å². The van der Waals surface area contributed by atoms with Crippen LogP contribution in [0, 0.1) is 6.92 Å². The lowest BCUT2D eigenvalue weighted by atomic mass is 10.1. The van der Waals surface area contributed by atoms with E-state index in [4.69, 9.17) is 4.74 Å². The molecular formula is C16H26F2IN3O. The van der Waals surface area contributed by atoms with Crippen LogP contribution < -0.4 is 15.4 Å². The highest BCUT2D eigenvalue weighted by Gasteiger charge is 2.06. The summed E-state index contributed by atoms with van der Waals surface area (Å²) >= 11 is 0. The molecule has 0 saturated carbocycles. The Bertz CT molecular complexity index is 484. The zero-order valence-electron chi connectivity index (χ0n) is 13.9. The number of nitrogens with zero attached hydrogens (tertiary/aromatic N) is 1. The molecule has 0 atom stereocenters. The lowest BCUT2D eigenvalue weighted by Crippen LogP contribution is -2.39. The number of aryl methyl sites for hydroxylation is 1.